The van der Waals surface area contributed by atoms with Gasteiger partial charge >= 0.3 is 0 Å². The Bertz CT molecular complexity index is 395. The van der Waals surface area contributed by atoms with Crippen molar-refractivity contribution >= 4 is 22.4 Å². The Hall–Kier alpha value is -0.620. The first-order chi connectivity index (χ1) is 7.03. The average Bonchev–Trinajstić information content (AvgIpc) is 2.17. The number of hydrogen-bond donors (Lipinski definition) is 2. The van der Waals surface area contributed by atoms with Crippen molar-refractivity contribution in [3.63, 3.8) is 0 Å². The highest BCUT2D eigenvalue weighted by atomic mass is 35.5. The van der Waals surface area contributed by atoms with E-state index in [1.54, 1.807) is 19.1 Å². The van der Waals surface area contributed by atoms with E-state index in [0.29, 0.717) is 6.54 Å². The molecule has 0 bridgehead atoms. The van der Waals surface area contributed by atoms with Gasteiger partial charge in [-0.15, -0.1) is 12.4 Å². The molecular weight excluding hydrogens is 248 g/mol. The van der Waals surface area contributed by atoms with Gasteiger partial charge in [0.1, 0.15) is 0 Å². The Morgan fingerprint density at radius 3 is 2.38 bits per heavy atom. The molecule has 0 aromatic heterocycles. The monoisotopic (exact) mass is 264 g/mol. The van der Waals surface area contributed by atoms with E-state index in [-0.39, 0.29) is 24.2 Å². The lowest BCUT2D eigenvalue weighted by Gasteiger charge is -2.11. The van der Waals surface area contributed by atoms with Gasteiger partial charge in [-0.2, -0.15) is 0 Å². The van der Waals surface area contributed by atoms with E-state index in [9.17, 15) is 8.42 Å². The summed E-state index contributed by atoms with van der Waals surface area (Å²) >= 11 is 0. The van der Waals surface area contributed by atoms with Crippen LogP contribution in [0.15, 0.2) is 30.3 Å². The van der Waals surface area contributed by atoms with Crippen LogP contribution in [0, 0.1) is 0 Å². The summed E-state index contributed by atoms with van der Waals surface area (Å²) in [6.07, 6.45) is 0. The molecule has 16 heavy (non-hydrogen) atoms. The summed E-state index contributed by atoms with van der Waals surface area (Å²) in [6, 6.07) is 8.83. The van der Waals surface area contributed by atoms with Crippen LogP contribution in [-0.2, 0) is 15.8 Å². The second kappa shape index (κ2) is 6.85. The SMILES string of the molecule is C[C@H](CN)NS(=O)(=O)Cc1ccccc1.Cl. The highest BCUT2D eigenvalue weighted by Crippen LogP contribution is 2.04. The Morgan fingerprint density at radius 1 is 1.31 bits per heavy atom. The lowest BCUT2D eigenvalue weighted by atomic mass is 10.2. The molecule has 0 saturated heterocycles. The minimum Gasteiger partial charge on any atom is -0.329 e. The van der Waals surface area contributed by atoms with Crippen molar-refractivity contribution in [1.82, 2.24) is 4.72 Å². The standard InChI is InChI=1S/C10H16N2O2S.ClH/c1-9(7-11)12-15(13,14)8-10-5-3-2-4-6-10;/h2-6,9,12H,7-8,11H2,1H3;1H/t9-;/m1./s1. The predicted molar refractivity (Wildman–Crippen MR) is 68.0 cm³/mol. The second-order valence-corrected chi connectivity index (χ2v) is 5.25. The summed E-state index contributed by atoms with van der Waals surface area (Å²) in [5.74, 6) is -0.00181. The van der Waals surface area contributed by atoms with Gasteiger partial charge in [0.15, 0.2) is 0 Å². The molecule has 1 aromatic rings. The third-order valence-corrected chi connectivity index (χ3v) is 3.41. The Balaban J connectivity index is 0.00000225. The number of rotatable bonds is 5. The molecule has 0 aliphatic heterocycles. The van der Waals surface area contributed by atoms with Gasteiger partial charge in [0.25, 0.3) is 0 Å². The molecular formula is C10H17ClN2O2S. The van der Waals surface area contributed by atoms with Crippen LogP contribution in [0.4, 0.5) is 0 Å². The van der Waals surface area contributed by atoms with Crippen molar-refractivity contribution in [2.75, 3.05) is 6.54 Å². The lowest BCUT2D eigenvalue weighted by Crippen LogP contribution is -2.38. The van der Waals surface area contributed by atoms with Crippen LogP contribution in [0.2, 0.25) is 0 Å². The molecule has 1 atom stereocenters. The van der Waals surface area contributed by atoms with Gasteiger partial charge in [0.05, 0.1) is 5.75 Å². The minimum absolute atomic E-state index is 0. The van der Waals surface area contributed by atoms with Crippen LogP contribution in [0.25, 0.3) is 0 Å². The van der Waals surface area contributed by atoms with E-state index in [1.807, 2.05) is 18.2 Å². The number of benzene rings is 1. The van der Waals surface area contributed by atoms with Crippen molar-refractivity contribution in [3.8, 4) is 0 Å². The fourth-order valence-electron chi connectivity index (χ4n) is 1.19. The van der Waals surface area contributed by atoms with Crippen LogP contribution >= 0.6 is 12.4 Å². The largest absolute Gasteiger partial charge is 0.329 e. The van der Waals surface area contributed by atoms with Crippen molar-refractivity contribution in [3.05, 3.63) is 35.9 Å². The smallest absolute Gasteiger partial charge is 0.216 e. The third kappa shape index (κ3) is 5.46. The first-order valence-electron chi connectivity index (χ1n) is 4.77. The van der Waals surface area contributed by atoms with Crippen molar-refractivity contribution in [1.29, 1.82) is 0 Å². The van der Waals surface area contributed by atoms with Gasteiger partial charge in [-0.05, 0) is 12.5 Å². The molecule has 1 rings (SSSR count). The van der Waals surface area contributed by atoms with Gasteiger partial charge in [-0.25, -0.2) is 13.1 Å². The summed E-state index contributed by atoms with van der Waals surface area (Å²) in [5, 5.41) is 0. The van der Waals surface area contributed by atoms with Gasteiger partial charge < -0.3 is 5.73 Å². The van der Waals surface area contributed by atoms with Crippen LogP contribution in [0.5, 0.6) is 0 Å². The molecule has 0 amide bonds. The maximum atomic E-state index is 11.6. The molecule has 0 saturated carbocycles. The van der Waals surface area contributed by atoms with Crippen molar-refractivity contribution in [2.24, 2.45) is 5.73 Å². The fraction of sp³-hybridized carbons (Fsp3) is 0.400. The molecule has 0 fully saturated rings. The summed E-state index contributed by atoms with van der Waals surface area (Å²) < 4.78 is 25.7. The Kier molecular flexibility index (Phi) is 6.59. The highest BCUT2D eigenvalue weighted by Gasteiger charge is 2.13. The molecule has 0 aliphatic carbocycles. The van der Waals surface area contributed by atoms with Crippen LogP contribution < -0.4 is 10.5 Å². The van der Waals surface area contributed by atoms with Gasteiger partial charge in [-0.1, -0.05) is 30.3 Å². The van der Waals surface area contributed by atoms with E-state index in [4.69, 9.17) is 5.73 Å². The topological polar surface area (TPSA) is 72.2 Å². The van der Waals surface area contributed by atoms with Crippen molar-refractivity contribution in [2.45, 2.75) is 18.7 Å². The van der Waals surface area contributed by atoms with Crippen molar-refractivity contribution < 1.29 is 8.42 Å². The maximum Gasteiger partial charge on any atom is 0.216 e. The number of hydrogen-bond acceptors (Lipinski definition) is 3. The zero-order chi connectivity index (χ0) is 11.3. The molecule has 0 unspecified atom stereocenters. The molecule has 0 radical (unpaired) electrons. The van der Waals surface area contributed by atoms with E-state index in [0.717, 1.165) is 5.56 Å². The van der Waals surface area contributed by atoms with Gasteiger partial charge in [0, 0.05) is 12.6 Å². The Morgan fingerprint density at radius 2 is 1.88 bits per heavy atom. The van der Waals surface area contributed by atoms with Crippen LogP contribution in [-0.4, -0.2) is 21.0 Å². The highest BCUT2D eigenvalue weighted by molar-refractivity contribution is 7.88. The first kappa shape index (κ1) is 15.4. The number of halogens is 1. The second-order valence-electron chi connectivity index (χ2n) is 3.50. The molecule has 3 N–H and O–H groups in total. The Labute approximate surface area is 103 Å². The summed E-state index contributed by atoms with van der Waals surface area (Å²) in [6.45, 7) is 2.04. The average molecular weight is 265 g/mol. The van der Waals surface area contributed by atoms with Gasteiger partial charge in [-0.3, -0.25) is 0 Å². The normalized spacial score (nSPS) is 12.9. The molecule has 92 valence electrons. The minimum atomic E-state index is -3.28. The summed E-state index contributed by atoms with van der Waals surface area (Å²) in [4.78, 5) is 0. The molecule has 4 nitrogen and oxygen atoms in total. The van der Waals surface area contributed by atoms with Gasteiger partial charge in [0.2, 0.25) is 10.0 Å². The first-order valence-corrected chi connectivity index (χ1v) is 6.43. The summed E-state index contributed by atoms with van der Waals surface area (Å²) in [7, 11) is -3.28. The molecule has 0 aliphatic rings. The van der Waals surface area contributed by atoms with E-state index in [2.05, 4.69) is 4.72 Å². The molecule has 0 heterocycles. The summed E-state index contributed by atoms with van der Waals surface area (Å²) in [5.41, 5.74) is 6.12. The third-order valence-electron chi connectivity index (χ3n) is 1.93. The van der Waals surface area contributed by atoms with Crippen LogP contribution in [0.3, 0.4) is 0 Å². The zero-order valence-corrected chi connectivity index (χ0v) is 10.7. The van der Waals surface area contributed by atoms with E-state index in [1.165, 1.54) is 0 Å². The predicted octanol–water partition coefficient (Wildman–Crippen LogP) is 0.875. The van der Waals surface area contributed by atoms with Crippen LogP contribution in [0.1, 0.15) is 12.5 Å². The number of sulfonamides is 1. The molecule has 0 spiro atoms. The number of nitrogens with two attached hydrogens (primary N) is 1. The molecule has 6 heteroatoms. The molecule has 1 aromatic carbocycles. The zero-order valence-electron chi connectivity index (χ0n) is 9.09. The quantitative estimate of drug-likeness (QED) is 0.829. The lowest BCUT2D eigenvalue weighted by molar-refractivity contribution is 0.562. The van der Waals surface area contributed by atoms with E-state index >= 15 is 0 Å². The fourth-order valence-corrected chi connectivity index (χ4v) is 2.61. The number of nitrogens with one attached hydrogen (secondary N) is 1. The van der Waals surface area contributed by atoms with E-state index < -0.39 is 10.0 Å². The maximum absolute atomic E-state index is 11.6.